The molecule has 0 saturated heterocycles. The highest BCUT2D eigenvalue weighted by atomic mass is 32.2. The lowest BCUT2D eigenvalue weighted by Gasteiger charge is -2.24. The van der Waals surface area contributed by atoms with Crippen LogP contribution in [-0.4, -0.2) is 46.4 Å². The average Bonchev–Trinajstić information content (AvgIpc) is 2.68. The molecule has 7 nitrogen and oxygen atoms in total. The number of aryl methyl sites for hydroxylation is 1. The van der Waals surface area contributed by atoms with Crippen molar-refractivity contribution in [1.29, 1.82) is 0 Å². The number of ether oxygens (including phenoxy) is 3. The minimum atomic E-state index is -3.58. The van der Waals surface area contributed by atoms with Crippen molar-refractivity contribution < 1.29 is 22.6 Å². The Hall–Kier alpha value is -2.29. The first-order valence-electron chi connectivity index (χ1n) is 8.87. The summed E-state index contributed by atoms with van der Waals surface area (Å²) in [6.45, 7) is 2.31. The van der Waals surface area contributed by atoms with Crippen LogP contribution in [0.3, 0.4) is 0 Å². The van der Waals surface area contributed by atoms with Gasteiger partial charge in [-0.15, -0.1) is 0 Å². The van der Waals surface area contributed by atoms with Gasteiger partial charge in [-0.05, 0) is 24.6 Å². The molecule has 0 amide bonds. The van der Waals surface area contributed by atoms with E-state index in [2.05, 4.69) is 0 Å². The van der Waals surface area contributed by atoms with Crippen LogP contribution in [0.4, 0.5) is 0 Å². The zero-order chi connectivity index (χ0) is 20.7. The van der Waals surface area contributed by atoms with Crippen LogP contribution in [0.15, 0.2) is 36.4 Å². The number of nitrogens with zero attached hydrogens (tertiary/aromatic N) is 1. The van der Waals surface area contributed by atoms with Crippen molar-refractivity contribution >= 4 is 10.0 Å². The summed E-state index contributed by atoms with van der Waals surface area (Å²) in [6.07, 6.45) is 0. The van der Waals surface area contributed by atoms with E-state index < -0.39 is 10.0 Å². The monoisotopic (exact) mass is 408 g/mol. The Morgan fingerprint density at radius 1 is 0.893 bits per heavy atom. The van der Waals surface area contributed by atoms with Crippen molar-refractivity contribution in [1.82, 2.24) is 4.31 Å². The van der Waals surface area contributed by atoms with E-state index in [0.29, 0.717) is 17.2 Å². The Kier molecular flexibility index (Phi) is 7.68. The van der Waals surface area contributed by atoms with Gasteiger partial charge in [-0.3, -0.25) is 0 Å². The van der Waals surface area contributed by atoms with E-state index in [1.165, 1.54) is 4.31 Å². The maximum atomic E-state index is 12.9. The van der Waals surface area contributed by atoms with Crippen molar-refractivity contribution in [2.45, 2.75) is 20.0 Å². The van der Waals surface area contributed by atoms with Gasteiger partial charge < -0.3 is 19.9 Å². The fourth-order valence-corrected chi connectivity index (χ4v) is 4.10. The first kappa shape index (κ1) is 22.0. The van der Waals surface area contributed by atoms with Gasteiger partial charge in [0.25, 0.3) is 0 Å². The smallest absolute Gasteiger partial charge is 0.215 e. The van der Waals surface area contributed by atoms with Crippen molar-refractivity contribution in [3.05, 3.63) is 53.1 Å². The molecule has 0 bridgehead atoms. The normalized spacial score (nSPS) is 11.5. The zero-order valence-electron chi connectivity index (χ0n) is 16.8. The number of hydrogen-bond donors (Lipinski definition) is 1. The van der Waals surface area contributed by atoms with E-state index in [0.717, 1.165) is 16.7 Å². The third-order valence-electron chi connectivity index (χ3n) is 4.40. The molecule has 0 heterocycles. The van der Waals surface area contributed by atoms with Crippen molar-refractivity contribution in [2.75, 3.05) is 33.6 Å². The van der Waals surface area contributed by atoms with Crippen molar-refractivity contribution in [3.63, 3.8) is 0 Å². The quantitative estimate of drug-likeness (QED) is 0.649. The molecule has 154 valence electrons. The molecule has 0 aliphatic heterocycles. The number of methoxy groups -OCH3 is 3. The Bertz CT molecular complexity index is 899. The van der Waals surface area contributed by atoms with Crippen LogP contribution >= 0.6 is 0 Å². The minimum absolute atomic E-state index is 0.0453. The third kappa shape index (κ3) is 5.37. The average molecular weight is 409 g/mol. The van der Waals surface area contributed by atoms with Gasteiger partial charge in [0, 0.05) is 36.8 Å². The van der Waals surface area contributed by atoms with Crippen LogP contribution in [0.2, 0.25) is 0 Å². The molecule has 0 atom stereocenters. The predicted octanol–water partition coefficient (Wildman–Crippen LogP) is 2.31. The number of sulfonamides is 1. The van der Waals surface area contributed by atoms with Crippen LogP contribution in [0.1, 0.15) is 16.7 Å². The van der Waals surface area contributed by atoms with Crippen LogP contribution in [0.25, 0.3) is 0 Å². The van der Waals surface area contributed by atoms with Gasteiger partial charge in [0.2, 0.25) is 10.0 Å². The van der Waals surface area contributed by atoms with Gasteiger partial charge in [-0.1, -0.05) is 18.2 Å². The lowest BCUT2D eigenvalue weighted by atomic mass is 10.1. The topological polar surface area (TPSA) is 91.1 Å². The molecule has 28 heavy (non-hydrogen) atoms. The van der Waals surface area contributed by atoms with Gasteiger partial charge in [-0.25, -0.2) is 8.42 Å². The molecule has 0 fully saturated rings. The summed E-state index contributed by atoms with van der Waals surface area (Å²) in [5.74, 6) is 1.70. The van der Waals surface area contributed by atoms with E-state index in [4.69, 9.17) is 19.9 Å². The summed E-state index contributed by atoms with van der Waals surface area (Å²) in [7, 11) is 1.10. The number of hydrogen-bond acceptors (Lipinski definition) is 6. The van der Waals surface area contributed by atoms with Gasteiger partial charge in [0.1, 0.15) is 17.2 Å². The highest BCUT2D eigenvalue weighted by molar-refractivity contribution is 7.89. The molecule has 0 saturated carbocycles. The number of nitrogens with two attached hydrogens (primary N) is 1. The molecule has 0 radical (unpaired) electrons. The highest BCUT2D eigenvalue weighted by Crippen LogP contribution is 2.29. The van der Waals surface area contributed by atoms with E-state index in [9.17, 15) is 8.42 Å². The zero-order valence-corrected chi connectivity index (χ0v) is 17.6. The molecule has 2 aromatic rings. The molecule has 8 heteroatoms. The van der Waals surface area contributed by atoms with E-state index in [-0.39, 0.29) is 25.4 Å². The fraction of sp³-hybridized carbons (Fsp3) is 0.400. The molecular formula is C20H28N2O5S. The second-order valence-corrected chi connectivity index (χ2v) is 8.45. The van der Waals surface area contributed by atoms with Gasteiger partial charge in [0.05, 0.1) is 27.1 Å². The summed E-state index contributed by atoms with van der Waals surface area (Å²) in [5.41, 5.74) is 8.08. The first-order valence-corrected chi connectivity index (χ1v) is 10.5. The summed E-state index contributed by atoms with van der Waals surface area (Å²) in [5, 5.41) is 0. The standard InChI is InChI=1S/C20H28N2O5S/c1-15-5-6-16(19(11-15)26-3)13-22(28(23,24)10-9-21)14-17-7-8-18(25-2)12-20(17)27-4/h5-8,11-12H,9-10,13-14,21H2,1-4H3. The van der Waals surface area contributed by atoms with Gasteiger partial charge >= 0.3 is 0 Å². The maximum Gasteiger partial charge on any atom is 0.215 e. The summed E-state index contributed by atoms with van der Waals surface area (Å²) < 4.78 is 43.2. The lowest BCUT2D eigenvalue weighted by Crippen LogP contribution is -2.34. The molecule has 2 aromatic carbocycles. The Morgan fingerprint density at radius 3 is 2.00 bits per heavy atom. The Labute approximate surface area is 167 Å². The van der Waals surface area contributed by atoms with Crippen molar-refractivity contribution in [3.8, 4) is 17.2 Å². The van der Waals surface area contributed by atoms with Crippen LogP contribution in [-0.2, 0) is 23.1 Å². The molecule has 0 aliphatic rings. The third-order valence-corrected chi connectivity index (χ3v) is 6.20. The molecule has 0 aromatic heterocycles. The second-order valence-electron chi connectivity index (χ2n) is 6.37. The van der Waals surface area contributed by atoms with Gasteiger partial charge in [-0.2, -0.15) is 4.31 Å². The minimum Gasteiger partial charge on any atom is -0.497 e. The lowest BCUT2D eigenvalue weighted by molar-refractivity contribution is 0.361. The second kappa shape index (κ2) is 9.77. The van der Waals surface area contributed by atoms with E-state index in [1.807, 2.05) is 25.1 Å². The van der Waals surface area contributed by atoms with Crippen LogP contribution < -0.4 is 19.9 Å². The number of rotatable bonds is 10. The molecule has 2 rings (SSSR count). The largest absolute Gasteiger partial charge is 0.497 e. The summed E-state index contributed by atoms with van der Waals surface area (Å²) >= 11 is 0. The Balaban J connectivity index is 2.41. The molecule has 0 spiro atoms. The van der Waals surface area contributed by atoms with Crippen LogP contribution in [0.5, 0.6) is 17.2 Å². The maximum absolute atomic E-state index is 12.9. The predicted molar refractivity (Wildman–Crippen MR) is 109 cm³/mol. The fourth-order valence-electron chi connectivity index (χ4n) is 2.88. The van der Waals surface area contributed by atoms with Crippen molar-refractivity contribution in [2.24, 2.45) is 5.73 Å². The Morgan fingerprint density at radius 2 is 1.46 bits per heavy atom. The number of benzene rings is 2. The van der Waals surface area contributed by atoms with Crippen LogP contribution in [0, 0.1) is 6.92 Å². The van der Waals surface area contributed by atoms with Gasteiger partial charge in [0.15, 0.2) is 0 Å². The summed E-state index contributed by atoms with van der Waals surface area (Å²) in [6, 6.07) is 11.0. The molecule has 0 unspecified atom stereocenters. The highest BCUT2D eigenvalue weighted by Gasteiger charge is 2.24. The van der Waals surface area contributed by atoms with E-state index in [1.54, 1.807) is 39.5 Å². The summed E-state index contributed by atoms with van der Waals surface area (Å²) in [4.78, 5) is 0. The molecule has 2 N–H and O–H groups in total. The van der Waals surface area contributed by atoms with E-state index >= 15 is 0 Å². The first-order chi connectivity index (χ1) is 13.3. The molecular weight excluding hydrogens is 380 g/mol. The SMILES string of the molecule is COc1ccc(CN(Cc2ccc(C)cc2OC)S(=O)(=O)CCN)c(OC)c1. The molecule has 0 aliphatic carbocycles.